The third-order valence-electron chi connectivity index (χ3n) is 5.00. The lowest BCUT2D eigenvalue weighted by Gasteiger charge is -2.29. The van der Waals surface area contributed by atoms with Crippen molar-refractivity contribution in [2.75, 3.05) is 31.2 Å². The van der Waals surface area contributed by atoms with Gasteiger partial charge in [-0.2, -0.15) is 0 Å². The Labute approximate surface area is 159 Å². The van der Waals surface area contributed by atoms with E-state index in [-0.39, 0.29) is 5.91 Å². The van der Waals surface area contributed by atoms with Crippen LogP contribution < -0.4 is 19.7 Å². The summed E-state index contributed by atoms with van der Waals surface area (Å²) in [5, 5.41) is 3.12. The first-order valence-corrected chi connectivity index (χ1v) is 9.26. The van der Waals surface area contributed by atoms with Crippen molar-refractivity contribution in [1.29, 1.82) is 0 Å². The van der Waals surface area contributed by atoms with Gasteiger partial charge >= 0.3 is 0 Å². The molecule has 0 spiro atoms. The summed E-state index contributed by atoms with van der Waals surface area (Å²) >= 11 is 0. The Morgan fingerprint density at radius 3 is 2.33 bits per heavy atom. The number of hydrogen-bond acceptors (Lipinski definition) is 4. The molecule has 140 valence electrons. The van der Waals surface area contributed by atoms with Crippen LogP contribution in [0.15, 0.2) is 54.6 Å². The summed E-state index contributed by atoms with van der Waals surface area (Å²) in [4.78, 5) is 15.0. The van der Waals surface area contributed by atoms with Gasteiger partial charge in [0.15, 0.2) is 11.5 Å². The monoisotopic (exact) mass is 364 g/mol. The predicted octanol–water partition coefficient (Wildman–Crippen LogP) is 3.50. The minimum Gasteiger partial charge on any atom is -0.486 e. The summed E-state index contributed by atoms with van der Waals surface area (Å²) in [5.74, 6) is 1.38. The fraction of sp³-hybridized carbons (Fsp3) is 0.318. The number of hydrogen-bond donors (Lipinski definition) is 1. The second-order valence-electron chi connectivity index (χ2n) is 7.36. The molecule has 0 fully saturated rings. The van der Waals surface area contributed by atoms with Gasteiger partial charge in [-0.05, 0) is 55.8 Å². The minimum atomic E-state index is -0.537. The van der Waals surface area contributed by atoms with Crippen LogP contribution in [0, 0.1) is 0 Å². The van der Waals surface area contributed by atoms with Crippen LogP contribution in [-0.4, -0.2) is 32.2 Å². The summed E-state index contributed by atoms with van der Waals surface area (Å²) in [7, 11) is 0. The van der Waals surface area contributed by atoms with Gasteiger partial charge in [0.1, 0.15) is 13.2 Å². The number of rotatable bonds is 4. The molecule has 0 aliphatic carbocycles. The van der Waals surface area contributed by atoms with Crippen LogP contribution in [0.2, 0.25) is 0 Å². The highest BCUT2D eigenvalue weighted by atomic mass is 16.6. The third kappa shape index (κ3) is 3.63. The van der Waals surface area contributed by atoms with Gasteiger partial charge in [0, 0.05) is 24.3 Å². The molecule has 4 rings (SSSR count). The number of amides is 1. The molecule has 2 heterocycles. The molecular weight excluding hydrogens is 340 g/mol. The van der Waals surface area contributed by atoms with Gasteiger partial charge in [0.05, 0.1) is 5.54 Å². The molecule has 27 heavy (non-hydrogen) atoms. The zero-order valence-corrected chi connectivity index (χ0v) is 15.7. The van der Waals surface area contributed by atoms with E-state index in [4.69, 9.17) is 9.47 Å². The predicted molar refractivity (Wildman–Crippen MR) is 106 cm³/mol. The second kappa shape index (κ2) is 6.99. The first-order chi connectivity index (χ1) is 13.0. The van der Waals surface area contributed by atoms with Crippen molar-refractivity contribution in [1.82, 2.24) is 5.32 Å². The summed E-state index contributed by atoms with van der Waals surface area (Å²) in [5.41, 5.74) is 2.21. The molecule has 0 radical (unpaired) electrons. The first-order valence-electron chi connectivity index (χ1n) is 9.26. The maximum absolute atomic E-state index is 12.8. The molecular formula is C22H24N2O3. The summed E-state index contributed by atoms with van der Waals surface area (Å²) in [6.07, 6.45) is 4.30. The minimum absolute atomic E-state index is 0.0963. The van der Waals surface area contributed by atoms with E-state index in [9.17, 15) is 4.79 Å². The van der Waals surface area contributed by atoms with Crippen LogP contribution in [0.25, 0.3) is 0 Å². The third-order valence-corrected chi connectivity index (χ3v) is 5.00. The van der Waals surface area contributed by atoms with Gasteiger partial charge in [-0.15, -0.1) is 0 Å². The van der Waals surface area contributed by atoms with E-state index >= 15 is 0 Å². The molecule has 5 heteroatoms. The SMILES string of the molecule is CC(C)(NC(=O)c1ccc(N2CC=CC2)cc1)c1ccc2c(c1)OCCO2. The van der Waals surface area contributed by atoms with E-state index in [1.807, 2.05) is 56.3 Å². The van der Waals surface area contributed by atoms with E-state index in [2.05, 4.69) is 22.4 Å². The normalized spacial score (nSPS) is 15.7. The molecule has 0 unspecified atom stereocenters. The lowest BCUT2D eigenvalue weighted by Crippen LogP contribution is -2.41. The Balaban J connectivity index is 1.47. The molecule has 2 aliphatic heterocycles. The molecule has 0 atom stereocenters. The number of ether oxygens (including phenoxy) is 2. The molecule has 2 aromatic rings. The van der Waals surface area contributed by atoms with Crippen molar-refractivity contribution in [3.8, 4) is 11.5 Å². The fourth-order valence-corrected chi connectivity index (χ4v) is 3.37. The Kier molecular flexibility index (Phi) is 4.52. The second-order valence-corrected chi connectivity index (χ2v) is 7.36. The summed E-state index contributed by atoms with van der Waals surface area (Å²) in [6, 6.07) is 13.6. The Bertz CT molecular complexity index is 864. The fourth-order valence-electron chi connectivity index (χ4n) is 3.37. The first kappa shape index (κ1) is 17.5. The number of carbonyl (C=O) groups is 1. The highest BCUT2D eigenvalue weighted by molar-refractivity contribution is 5.95. The lowest BCUT2D eigenvalue weighted by atomic mass is 9.93. The van der Waals surface area contributed by atoms with Crippen molar-refractivity contribution in [3.05, 3.63) is 65.7 Å². The smallest absolute Gasteiger partial charge is 0.251 e. The zero-order chi connectivity index (χ0) is 18.9. The molecule has 1 amide bonds. The molecule has 2 aliphatic rings. The van der Waals surface area contributed by atoms with Gasteiger partial charge in [-0.1, -0.05) is 18.2 Å². The standard InChI is InChI=1S/C22H24N2O3/c1-22(2,17-7-10-19-20(15-17)27-14-13-26-19)23-21(25)16-5-8-18(9-6-16)24-11-3-4-12-24/h3-10,15H,11-14H2,1-2H3,(H,23,25). The number of anilines is 1. The molecule has 5 nitrogen and oxygen atoms in total. The molecule has 0 aromatic heterocycles. The molecule has 0 saturated carbocycles. The van der Waals surface area contributed by atoms with Crippen LogP contribution in [0.3, 0.4) is 0 Å². The maximum Gasteiger partial charge on any atom is 0.251 e. The number of nitrogens with zero attached hydrogens (tertiary/aromatic N) is 1. The van der Waals surface area contributed by atoms with Crippen LogP contribution in [0.1, 0.15) is 29.8 Å². The van der Waals surface area contributed by atoms with Crippen molar-refractivity contribution >= 4 is 11.6 Å². The number of benzene rings is 2. The highest BCUT2D eigenvalue weighted by Crippen LogP contribution is 2.34. The van der Waals surface area contributed by atoms with Gasteiger partial charge < -0.3 is 19.7 Å². The van der Waals surface area contributed by atoms with Crippen LogP contribution in [0.4, 0.5) is 5.69 Å². The topological polar surface area (TPSA) is 50.8 Å². The van der Waals surface area contributed by atoms with E-state index in [0.29, 0.717) is 18.8 Å². The molecule has 0 saturated heterocycles. The largest absolute Gasteiger partial charge is 0.486 e. The van der Waals surface area contributed by atoms with Gasteiger partial charge in [0.2, 0.25) is 0 Å². The molecule has 1 N–H and O–H groups in total. The number of fused-ring (bicyclic) bond motifs is 1. The summed E-state index contributed by atoms with van der Waals surface area (Å²) < 4.78 is 11.2. The van der Waals surface area contributed by atoms with Gasteiger partial charge in [-0.25, -0.2) is 0 Å². The Morgan fingerprint density at radius 2 is 1.63 bits per heavy atom. The van der Waals surface area contributed by atoms with Crippen LogP contribution in [-0.2, 0) is 5.54 Å². The van der Waals surface area contributed by atoms with Crippen LogP contribution in [0.5, 0.6) is 11.5 Å². The van der Waals surface area contributed by atoms with Gasteiger partial charge in [-0.3, -0.25) is 4.79 Å². The number of nitrogens with one attached hydrogen (secondary N) is 1. The van der Waals surface area contributed by atoms with Gasteiger partial charge in [0.25, 0.3) is 5.91 Å². The Morgan fingerprint density at radius 1 is 0.963 bits per heavy atom. The quantitative estimate of drug-likeness (QED) is 0.844. The number of carbonyl (C=O) groups excluding carboxylic acids is 1. The lowest BCUT2D eigenvalue weighted by molar-refractivity contribution is 0.0911. The molecule has 0 bridgehead atoms. The van der Waals surface area contributed by atoms with Crippen molar-refractivity contribution in [2.24, 2.45) is 0 Å². The van der Waals surface area contributed by atoms with Crippen LogP contribution >= 0.6 is 0 Å². The van der Waals surface area contributed by atoms with E-state index in [1.54, 1.807) is 0 Å². The Hall–Kier alpha value is -2.95. The molecule has 2 aromatic carbocycles. The van der Waals surface area contributed by atoms with Crippen molar-refractivity contribution in [3.63, 3.8) is 0 Å². The maximum atomic E-state index is 12.8. The highest BCUT2D eigenvalue weighted by Gasteiger charge is 2.26. The van der Waals surface area contributed by atoms with Crippen molar-refractivity contribution in [2.45, 2.75) is 19.4 Å². The average Bonchev–Trinajstić information content (AvgIpc) is 3.22. The van der Waals surface area contributed by atoms with Crippen molar-refractivity contribution < 1.29 is 14.3 Å². The van der Waals surface area contributed by atoms with E-state index in [0.717, 1.165) is 35.8 Å². The van der Waals surface area contributed by atoms with E-state index in [1.165, 1.54) is 0 Å². The average molecular weight is 364 g/mol. The zero-order valence-electron chi connectivity index (χ0n) is 15.7. The van der Waals surface area contributed by atoms with E-state index < -0.39 is 5.54 Å². The summed E-state index contributed by atoms with van der Waals surface area (Å²) in [6.45, 7) is 6.92.